The first-order chi connectivity index (χ1) is 7.12. The Labute approximate surface area is 95.4 Å². The van der Waals surface area contributed by atoms with Gasteiger partial charge in [-0.3, -0.25) is 4.79 Å². The lowest BCUT2D eigenvalue weighted by Crippen LogP contribution is -2.36. The maximum absolute atomic E-state index is 11.3. The molecule has 1 aliphatic carbocycles. The Morgan fingerprint density at radius 3 is 2.33 bits per heavy atom. The molecule has 0 atom stereocenters. The SMILES string of the molecule is CC(=O)CC1(c2ccc(Cl)cc2)CCC1. The predicted octanol–water partition coefficient (Wildman–Crippen LogP) is 3.74. The molecule has 0 aliphatic heterocycles. The van der Waals surface area contributed by atoms with Crippen LogP contribution in [0.1, 0.15) is 38.2 Å². The van der Waals surface area contributed by atoms with Crippen LogP contribution in [0.3, 0.4) is 0 Å². The van der Waals surface area contributed by atoms with Crippen LogP contribution in [0.2, 0.25) is 5.02 Å². The Balaban J connectivity index is 2.26. The first-order valence-electron chi connectivity index (χ1n) is 5.38. The van der Waals surface area contributed by atoms with E-state index in [2.05, 4.69) is 12.1 Å². The van der Waals surface area contributed by atoms with E-state index in [1.54, 1.807) is 6.92 Å². The Morgan fingerprint density at radius 1 is 1.33 bits per heavy atom. The lowest BCUT2D eigenvalue weighted by molar-refractivity contribution is -0.119. The van der Waals surface area contributed by atoms with Gasteiger partial charge < -0.3 is 0 Å². The molecule has 0 radical (unpaired) electrons. The smallest absolute Gasteiger partial charge is 0.130 e. The largest absolute Gasteiger partial charge is 0.300 e. The maximum atomic E-state index is 11.3. The van der Waals surface area contributed by atoms with Gasteiger partial charge in [-0.2, -0.15) is 0 Å². The maximum Gasteiger partial charge on any atom is 0.130 e. The van der Waals surface area contributed by atoms with Crippen LogP contribution < -0.4 is 0 Å². The number of rotatable bonds is 3. The fourth-order valence-electron chi connectivity index (χ4n) is 2.45. The number of carbonyl (C=O) groups excluding carboxylic acids is 1. The molecule has 0 aromatic heterocycles. The summed E-state index contributed by atoms with van der Waals surface area (Å²) in [5.74, 6) is 0.282. The van der Waals surface area contributed by atoms with Crippen LogP contribution >= 0.6 is 11.6 Å². The molecule has 1 aliphatic rings. The van der Waals surface area contributed by atoms with Crippen LogP contribution in [0.4, 0.5) is 0 Å². The summed E-state index contributed by atoms with van der Waals surface area (Å²) >= 11 is 5.86. The van der Waals surface area contributed by atoms with Gasteiger partial charge >= 0.3 is 0 Å². The zero-order valence-corrected chi connectivity index (χ0v) is 9.68. The van der Waals surface area contributed by atoms with Gasteiger partial charge in [-0.25, -0.2) is 0 Å². The third-order valence-corrected chi connectivity index (χ3v) is 3.61. The molecule has 1 fully saturated rings. The lowest BCUT2D eigenvalue weighted by Gasteiger charge is -2.42. The minimum Gasteiger partial charge on any atom is -0.300 e. The Kier molecular flexibility index (Phi) is 2.83. The van der Waals surface area contributed by atoms with Crippen molar-refractivity contribution >= 4 is 17.4 Å². The van der Waals surface area contributed by atoms with Gasteiger partial charge in [0.05, 0.1) is 0 Å². The van der Waals surface area contributed by atoms with Gasteiger partial charge in [0.1, 0.15) is 5.78 Å². The second-order valence-electron chi connectivity index (χ2n) is 4.52. The number of ketones is 1. The molecule has 2 heteroatoms. The van der Waals surface area contributed by atoms with Gasteiger partial charge in [-0.15, -0.1) is 0 Å². The molecule has 0 saturated heterocycles. The summed E-state index contributed by atoms with van der Waals surface area (Å²) in [4.78, 5) is 11.3. The molecule has 1 aromatic rings. The minimum atomic E-state index is 0.121. The van der Waals surface area contributed by atoms with Gasteiger partial charge in [-0.1, -0.05) is 30.2 Å². The summed E-state index contributed by atoms with van der Waals surface area (Å²) in [6, 6.07) is 7.95. The highest BCUT2D eigenvalue weighted by atomic mass is 35.5. The predicted molar refractivity (Wildman–Crippen MR) is 62.3 cm³/mol. The second-order valence-corrected chi connectivity index (χ2v) is 4.96. The Morgan fingerprint density at radius 2 is 1.93 bits per heavy atom. The van der Waals surface area contributed by atoms with Crippen LogP contribution in [0.15, 0.2) is 24.3 Å². The molecular weight excluding hydrogens is 208 g/mol. The van der Waals surface area contributed by atoms with E-state index < -0.39 is 0 Å². The fraction of sp³-hybridized carbons (Fsp3) is 0.462. The van der Waals surface area contributed by atoms with Crippen molar-refractivity contribution in [3.63, 3.8) is 0 Å². The summed E-state index contributed by atoms with van der Waals surface area (Å²) < 4.78 is 0. The molecular formula is C13H15ClO. The molecule has 1 nitrogen and oxygen atoms in total. The zero-order chi connectivity index (χ0) is 10.9. The monoisotopic (exact) mass is 222 g/mol. The average molecular weight is 223 g/mol. The first kappa shape index (κ1) is 10.7. The molecule has 0 unspecified atom stereocenters. The van der Waals surface area contributed by atoms with Crippen LogP contribution in [-0.4, -0.2) is 5.78 Å². The standard InChI is InChI=1S/C13H15ClO/c1-10(15)9-13(7-2-8-13)11-3-5-12(14)6-4-11/h3-6H,2,7-9H2,1H3. The molecule has 15 heavy (non-hydrogen) atoms. The van der Waals surface area contributed by atoms with Crippen molar-refractivity contribution in [3.05, 3.63) is 34.9 Å². The number of Topliss-reactive ketones (excluding diaryl/α,β-unsaturated/α-hetero) is 1. The molecule has 0 N–H and O–H groups in total. The quantitative estimate of drug-likeness (QED) is 0.762. The summed E-state index contributed by atoms with van der Waals surface area (Å²) in [5, 5.41) is 0.760. The van der Waals surface area contributed by atoms with Crippen LogP contribution in [0.5, 0.6) is 0 Å². The van der Waals surface area contributed by atoms with Gasteiger partial charge in [-0.05, 0) is 37.5 Å². The normalized spacial score (nSPS) is 18.3. The van der Waals surface area contributed by atoms with Crippen molar-refractivity contribution in [2.75, 3.05) is 0 Å². The van der Waals surface area contributed by atoms with Crippen molar-refractivity contribution in [1.29, 1.82) is 0 Å². The highest BCUT2D eigenvalue weighted by Crippen LogP contribution is 2.46. The molecule has 1 aromatic carbocycles. The number of hydrogen-bond acceptors (Lipinski definition) is 1. The number of benzene rings is 1. The average Bonchev–Trinajstić information content (AvgIpc) is 2.13. The van der Waals surface area contributed by atoms with E-state index in [0.29, 0.717) is 6.42 Å². The highest BCUT2D eigenvalue weighted by Gasteiger charge is 2.39. The molecule has 0 amide bonds. The minimum absolute atomic E-state index is 0.121. The summed E-state index contributed by atoms with van der Waals surface area (Å²) in [6.45, 7) is 1.68. The Bertz CT molecular complexity index is 363. The van der Waals surface area contributed by atoms with Gasteiger partial charge in [0.2, 0.25) is 0 Å². The number of hydrogen-bond donors (Lipinski definition) is 0. The van der Waals surface area contributed by atoms with Crippen molar-refractivity contribution in [3.8, 4) is 0 Å². The molecule has 80 valence electrons. The summed E-state index contributed by atoms with van der Waals surface area (Å²) in [5.41, 5.74) is 1.39. The van der Waals surface area contributed by atoms with E-state index in [4.69, 9.17) is 11.6 Å². The highest BCUT2D eigenvalue weighted by molar-refractivity contribution is 6.30. The Hall–Kier alpha value is -0.820. The van der Waals surface area contributed by atoms with E-state index in [0.717, 1.165) is 17.9 Å². The lowest BCUT2D eigenvalue weighted by atomic mass is 9.62. The van der Waals surface area contributed by atoms with Crippen molar-refractivity contribution in [1.82, 2.24) is 0 Å². The van der Waals surface area contributed by atoms with Crippen molar-refractivity contribution in [2.45, 2.75) is 38.0 Å². The molecule has 0 bridgehead atoms. The van der Waals surface area contributed by atoms with Crippen LogP contribution in [-0.2, 0) is 10.2 Å². The van der Waals surface area contributed by atoms with E-state index in [1.807, 2.05) is 12.1 Å². The van der Waals surface area contributed by atoms with Gasteiger partial charge in [0, 0.05) is 16.9 Å². The second kappa shape index (κ2) is 3.97. The summed E-state index contributed by atoms with van der Waals surface area (Å²) in [6.07, 6.45) is 4.17. The third kappa shape index (κ3) is 2.07. The van der Waals surface area contributed by atoms with E-state index in [1.165, 1.54) is 12.0 Å². The van der Waals surface area contributed by atoms with E-state index >= 15 is 0 Å². The fourth-order valence-corrected chi connectivity index (χ4v) is 2.58. The van der Waals surface area contributed by atoms with Crippen LogP contribution in [0.25, 0.3) is 0 Å². The van der Waals surface area contributed by atoms with Gasteiger partial charge in [0.15, 0.2) is 0 Å². The molecule has 0 spiro atoms. The summed E-state index contributed by atoms with van der Waals surface area (Å²) in [7, 11) is 0. The topological polar surface area (TPSA) is 17.1 Å². The third-order valence-electron chi connectivity index (χ3n) is 3.35. The first-order valence-corrected chi connectivity index (χ1v) is 5.76. The number of carbonyl (C=O) groups is 1. The van der Waals surface area contributed by atoms with Crippen molar-refractivity contribution < 1.29 is 4.79 Å². The van der Waals surface area contributed by atoms with E-state index in [9.17, 15) is 4.79 Å². The molecule has 0 heterocycles. The molecule has 2 rings (SSSR count). The van der Waals surface area contributed by atoms with Crippen molar-refractivity contribution in [2.24, 2.45) is 0 Å². The number of halogens is 1. The van der Waals surface area contributed by atoms with Gasteiger partial charge in [0.25, 0.3) is 0 Å². The molecule has 1 saturated carbocycles. The zero-order valence-electron chi connectivity index (χ0n) is 8.92. The van der Waals surface area contributed by atoms with Crippen LogP contribution in [0, 0.1) is 0 Å². The van der Waals surface area contributed by atoms with E-state index in [-0.39, 0.29) is 11.2 Å².